The van der Waals surface area contributed by atoms with Crippen molar-refractivity contribution in [1.82, 2.24) is 9.62 Å². The van der Waals surface area contributed by atoms with E-state index in [0.717, 1.165) is 16.4 Å². The molecule has 0 saturated heterocycles. The zero-order chi connectivity index (χ0) is 16.0. The largest absolute Gasteiger partial charge is 0.396 e. The first kappa shape index (κ1) is 17.3. The van der Waals surface area contributed by atoms with Crippen LogP contribution in [0.2, 0.25) is 0 Å². The molecule has 1 aromatic rings. The number of carbonyl (C=O) groups excluding carboxylic acids is 1. The van der Waals surface area contributed by atoms with Crippen molar-refractivity contribution in [2.45, 2.75) is 4.90 Å². The Bertz CT molecular complexity index is 607. The molecule has 0 unspecified atom stereocenters. The van der Waals surface area contributed by atoms with Gasteiger partial charge in [0.15, 0.2) is 0 Å². The second-order valence-electron chi connectivity index (χ2n) is 4.29. The molecule has 9 heteroatoms. The second-order valence-corrected chi connectivity index (χ2v) is 6.33. The SMILES string of the molecule is COCCNC(=O)CN(C)S(=O)(=O)c1ccc(N)c(F)c1. The number of hydrogen-bond donors (Lipinski definition) is 2. The summed E-state index contributed by atoms with van der Waals surface area (Å²) in [6.07, 6.45) is 0. The summed E-state index contributed by atoms with van der Waals surface area (Å²) in [7, 11) is -1.24. The lowest BCUT2D eigenvalue weighted by atomic mass is 10.3. The molecule has 7 nitrogen and oxygen atoms in total. The zero-order valence-corrected chi connectivity index (χ0v) is 12.6. The van der Waals surface area contributed by atoms with Gasteiger partial charge in [-0.1, -0.05) is 0 Å². The lowest BCUT2D eigenvalue weighted by Gasteiger charge is -2.17. The van der Waals surface area contributed by atoms with Crippen molar-refractivity contribution >= 4 is 21.6 Å². The van der Waals surface area contributed by atoms with Crippen LogP contribution in [0.3, 0.4) is 0 Å². The quantitative estimate of drug-likeness (QED) is 0.535. The van der Waals surface area contributed by atoms with Crippen LogP contribution < -0.4 is 11.1 Å². The Hall–Kier alpha value is -1.71. The summed E-state index contributed by atoms with van der Waals surface area (Å²) in [5, 5.41) is 2.49. The van der Waals surface area contributed by atoms with Gasteiger partial charge in [0.25, 0.3) is 0 Å². The molecule has 118 valence electrons. The maximum atomic E-state index is 13.3. The number of likely N-dealkylation sites (N-methyl/N-ethyl adjacent to an activating group) is 1. The van der Waals surface area contributed by atoms with E-state index in [0.29, 0.717) is 6.61 Å². The summed E-state index contributed by atoms with van der Waals surface area (Å²) in [5.74, 6) is -1.30. The summed E-state index contributed by atoms with van der Waals surface area (Å²) in [5.41, 5.74) is 5.15. The fourth-order valence-corrected chi connectivity index (χ4v) is 2.62. The highest BCUT2D eigenvalue weighted by molar-refractivity contribution is 7.89. The summed E-state index contributed by atoms with van der Waals surface area (Å²) in [6, 6.07) is 3.17. The third-order valence-corrected chi connectivity index (χ3v) is 4.47. The van der Waals surface area contributed by atoms with E-state index in [1.54, 1.807) is 0 Å². The first-order valence-corrected chi connectivity index (χ1v) is 7.50. The molecule has 3 N–H and O–H groups in total. The van der Waals surface area contributed by atoms with E-state index in [2.05, 4.69) is 5.32 Å². The number of ether oxygens (including phenoxy) is 1. The van der Waals surface area contributed by atoms with Crippen LogP contribution in [0.25, 0.3) is 0 Å². The van der Waals surface area contributed by atoms with Gasteiger partial charge in [0.05, 0.1) is 23.7 Å². The minimum atomic E-state index is -3.96. The van der Waals surface area contributed by atoms with E-state index in [4.69, 9.17) is 10.5 Å². The number of methoxy groups -OCH3 is 1. The van der Waals surface area contributed by atoms with Crippen LogP contribution in [-0.2, 0) is 19.6 Å². The van der Waals surface area contributed by atoms with Crippen LogP contribution in [0.1, 0.15) is 0 Å². The molecule has 1 amide bonds. The highest BCUT2D eigenvalue weighted by atomic mass is 32.2. The van der Waals surface area contributed by atoms with Gasteiger partial charge < -0.3 is 15.8 Å². The Labute approximate surface area is 122 Å². The predicted octanol–water partition coefficient (Wildman–Crippen LogP) is -0.209. The third kappa shape index (κ3) is 4.66. The average molecular weight is 319 g/mol. The number of rotatable bonds is 7. The van der Waals surface area contributed by atoms with E-state index < -0.39 is 21.7 Å². The maximum Gasteiger partial charge on any atom is 0.243 e. The van der Waals surface area contributed by atoms with Crippen molar-refractivity contribution in [1.29, 1.82) is 0 Å². The topological polar surface area (TPSA) is 102 Å². The molecule has 0 fully saturated rings. The van der Waals surface area contributed by atoms with Gasteiger partial charge in [0, 0.05) is 20.7 Å². The van der Waals surface area contributed by atoms with Crippen LogP contribution >= 0.6 is 0 Å². The summed E-state index contributed by atoms with van der Waals surface area (Å²) in [4.78, 5) is 11.3. The first-order chi connectivity index (χ1) is 9.78. The number of amides is 1. The summed E-state index contributed by atoms with van der Waals surface area (Å²) < 4.78 is 43.3. The van der Waals surface area contributed by atoms with Crippen molar-refractivity contribution in [2.75, 3.05) is 39.6 Å². The number of nitrogen functional groups attached to an aromatic ring is 1. The third-order valence-electron chi connectivity index (χ3n) is 2.67. The minimum absolute atomic E-state index is 0.145. The lowest BCUT2D eigenvalue weighted by Crippen LogP contribution is -2.39. The number of nitrogens with two attached hydrogens (primary N) is 1. The molecule has 0 aromatic heterocycles. The molecule has 1 rings (SSSR count). The van der Waals surface area contributed by atoms with Gasteiger partial charge in [-0.2, -0.15) is 4.31 Å². The van der Waals surface area contributed by atoms with E-state index >= 15 is 0 Å². The Kier molecular flexibility index (Phi) is 6.06. The molecule has 0 aliphatic rings. The van der Waals surface area contributed by atoms with Gasteiger partial charge in [-0.25, -0.2) is 12.8 Å². The van der Waals surface area contributed by atoms with Crippen molar-refractivity contribution < 1.29 is 22.3 Å². The van der Waals surface area contributed by atoms with E-state index in [1.165, 1.54) is 20.2 Å². The molecular weight excluding hydrogens is 301 g/mol. The molecule has 0 radical (unpaired) electrons. The molecular formula is C12H18FN3O4S. The van der Waals surface area contributed by atoms with Gasteiger partial charge in [0.1, 0.15) is 5.82 Å². The molecule has 0 atom stereocenters. The summed E-state index contributed by atoms with van der Waals surface area (Å²) in [6.45, 7) is 0.225. The highest BCUT2D eigenvalue weighted by Crippen LogP contribution is 2.18. The molecule has 0 bridgehead atoms. The molecule has 0 saturated carbocycles. The molecule has 21 heavy (non-hydrogen) atoms. The Morgan fingerprint density at radius 2 is 2.14 bits per heavy atom. The van der Waals surface area contributed by atoms with E-state index in [1.807, 2.05) is 0 Å². The fraction of sp³-hybridized carbons (Fsp3) is 0.417. The van der Waals surface area contributed by atoms with Crippen LogP contribution in [-0.4, -0.2) is 52.5 Å². The standard InChI is InChI=1S/C12H18FN3O4S/c1-16(8-12(17)15-5-6-20-2)21(18,19)9-3-4-11(14)10(13)7-9/h3-4,7H,5-6,8,14H2,1-2H3,(H,15,17). The molecule has 0 aliphatic heterocycles. The number of anilines is 1. The van der Waals surface area contributed by atoms with Crippen molar-refractivity contribution in [3.63, 3.8) is 0 Å². The van der Waals surface area contributed by atoms with Crippen molar-refractivity contribution in [3.05, 3.63) is 24.0 Å². The lowest BCUT2D eigenvalue weighted by molar-refractivity contribution is -0.121. The predicted molar refractivity (Wildman–Crippen MR) is 75.5 cm³/mol. The van der Waals surface area contributed by atoms with Gasteiger partial charge in [-0.05, 0) is 18.2 Å². The normalized spacial score (nSPS) is 11.6. The number of benzene rings is 1. The van der Waals surface area contributed by atoms with Crippen molar-refractivity contribution in [3.8, 4) is 0 Å². The highest BCUT2D eigenvalue weighted by Gasteiger charge is 2.23. The summed E-state index contributed by atoms with van der Waals surface area (Å²) >= 11 is 0. The Balaban J connectivity index is 2.77. The average Bonchev–Trinajstić information content (AvgIpc) is 2.41. The van der Waals surface area contributed by atoms with Crippen molar-refractivity contribution in [2.24, 2.45) is 0 Å². The number of nitrogens with zero attached hydrogens (tertiary/aromatic N) is 1. The van der Waals surface area contributed by atoms with E-state index in [9.17, 15) is 17.6 Å². The fourth-order valence-electron chi connectivity index (χ4n) is 1.48. The van der Waals surface area contributed by atoms with Crippen LogP contribution in [0.4, 0.5) is 10.1 Å². The second kappa shape index (κ2) is 7.34. The Morgan fingerprint density at radius 1 is 1.48 bits per heavy atom. The van der Waals surface area contributed by atoms with E-state index in [-0.39, 0.29) is 23.7 Å². The van der Waals surface area contributed by atoms with Gasteiger partial charge in [-0.15, -0.1) is 0 Å². The number of carbonyl (C=O) groups is 1. The number of hydrogen-bond acceptors (Lipinski definition) is 5. The number of sulfonamides is 1. The van der Waals surface area contributed by atoms with Gasteiger partial charge >= 0.3 is 0 Å². The Morgan fingerprint density at radius 3 is 2.71 bits per heavy atom. The number of nitrogens with one attached hydrogen (secondary N) is 1. The molecule has 0 spiro atoms. The minimum Gasteiger partial charge on any atom is -0.396 e. The van der Waals surface area contributed by atoms with Crippen LogP contribution in [0, 0.1) is 5.82 Å². The monoisotopic (exact) mass is 319 g/mol. The smallest absolute Gasteiger partial charge is 0.243 e. The van der Waals surface area contributed by atoms with Gasteiger partial charge in [0.2, 0.25) is 15.9 Å². The zero-order valence-electron chi connectivity index (χ0n) is 11.8. The van der Waals surface area contributed by atoms with Crippen LogP contribution in [0.15, 0.2) is 23.1 Å². The van der Waals surface area contributed by atoms with Gasteiger partial charge in [-0.3, -0.25) is 4.79 Å². The molecule has 0 heterocycles. The first-order valence-electron chi connectivity index (χ1n) is 6.06. The maximum absolute atomic E-state index is 13.3. The van der Waals surface area contributed by atoms with Crippen LogP contribution in [0.5, 0.6) is 0 Å². The molecule has 1 aromatic carbocycles. The molecule has 0 aliphatic carbocycles. The number of halogens is 1.